The van der Waals surface area contributed by atoms with Gasteiger partial charge in [0.25, 0.3) is 0 Å². The van der Waals surface area contributed by atoms with Gasteiger partial charge in [-0.25, -0.2) is 0 Å². The minimum atomic E-state index is -0.462. The highest BCUT2D eigenvalue weighted by molar-refractivity contribution is 5.06. The van der Waals surface area contributed by atoms with Crippen molar-refractivity contribution in [1.29, 1.82) is 5.26 Å². The summed E-state index contributed by atoms with van der Waals surface area (Å²) < 4.78 is 0. The van der Waals surface area contributed by atoms with Gasteiger partial charge >= 0.3 is 0 Å². The molecular weight excluding hydrogens is 198 g/mol. The number of hydrogen-bond acceptors (Lipinski definition) is 2. The first-order valence-corrected chi connectivity index (χ1v) is 6.45. The monoisotopic (exact) mass is 223 g/mol. The van der Waals surface area contributed by atoms with Crippen LogP contribution < -0.4 is 0 Å². The molecule has 0 aromatic heterocycles. The van der Waals surface area contributed by atoms with Crippen LogP contribution in [0, 0.1) is 28.1 Å². The molecule has 2 nitrogen and oxygen atoms in total. The molecule has 0 heterocycles. The molecule has 1 N–H and O–H groups in total. The minimum Gasteiger partial charge on any atom is -0.391 e. The summed E-state index contributed by atoms with van der Waals surface area (Å²) in [5.41, 5.74) is -0.130. The van der Waals surface area contributed by atoms with Crippen LogP contribution in [0.5, 0.6) is 0 Å². The van der Waals surface area contributed by atoms with Gasteiger partial charge in [0.05, 0.1) is 17.6 Å². The smallest absolute Gasteiger partial charge is 0.0832 e. The fraction of sp³-hybridized carbons (Fsp3) is 0.929. The zero-order chi connectivity index (χ0) is 12.4. The largest absolute Gasteiger partial charge is 0.391 e. The summed E-state index contributed by atoms with van der Waals surface area (Å²) in [6.45, 7) is 8.77. The minimum absolute atomic E-state index is 0.332. The molecule has 0 aromatic carbocycles. The summed E-state index contributed by atoms with van der Waals surface area (Å²) in [4.78, 5) is 0. The summed E-state index contributed by atoms with van der Waals surface area (Å²) >= 11 is 0. The van der Waals surface area contributed by atoms with E-state index in [2.05, 4.69) is 26.8 Å². The molecule has 0 spiro atoms. The van der Waals surface area contributed by atoms with Crippen molar-refractivity contribution in [3.63, 3.8) is 0 Å². The van der Waals surface area contributed by atoms with Crippen LogP contribution in [-0.4, -0.2) is 11.2 Å². The van der Waals surface area contributed by atoms with Gasteiger partial charge in [0.1, 0.15) is 0 Å². The average Bonchev–Trinajstić information content (AvgIpc) is 2.26. The van der Waals surface area contributed by atoms with Gasteiger partial charge in [0, 0.05) is 0 Å². The first-order chi connectivity index (χ1) is 7.35. The van der Waals surface area contributed by atoms with Crippen molar-refractivity contribution in [1.82, 2.24) is 0 Å². The zero-order valence-corrected chi connectivity index (χ0v) is 11.1. The van der Waals surface area contributed by atoms with Crippen LogP contribution in [0.15, 0.2) is 0 Å². The molecule has 1 atom stereocenters. The van der Waals surface area contributed by atoms with Crippen molar-refractivity contribution in [2.75, 3.05) is 0 Å². The molecule has 1 saturated carbocycles. The van der Waals surface area contributed by atoms with E-state index in [4.69, 9.17) is 0 Å². The standard InChI is InChI=1S/C14H25NO/c1-5-12(16)14(10-15)8-6-11(7-9-14)13(2,3)4/h11-12,16H,5-9H2,1-4H3. The molecule has 1 aliphatic carbocycles. The van der Waals surface area contributed by atoms with Crippen molar-refractivity contribution in [3.05, 3.63) is 0 Å². The predicted molar refractivity (Wildman–Crippen MR) is 65.8 cm³/mol. The molecule has 0 amide bonds. The maximum atomic E-state index is 10.00. The molecule has 2 heteroatoms. The van der Waals surface area contributed by atoms with Crippen molar-refractivity contribution >= 4 is 0 Å². The SMILES string of the molecule is CCC(O)C1(C#N)CCC(C(C)(C)C)CC1. The summed E-state index contributed by atoms with van der Waals surface area (Å²) in [6.07, 6.45) is 4.12. The zero-order valence-electron chi connectivity index (χ0n) is 11.1. The quantitative estimate of drug-likeness (QED) is 0.778. The number of aliphatic hydroxyl groups is 1. The van der Waals surface area contributed by atoms with E-state index in [0.29, 0.717) is 17.8 Å². The highest BCUT2D eigenvalue weighted by atomic mass is 16.3. The van der Waals surface area contributed by atoms with Crippen molar-refractivity contribution in [2.24, 2.45) is 16.7 Å². The van der Waals surface area contributed by atoms with E-state index in [1.807, 2.05) is 6.92 Å². The molecule has 0 aromatic rings. The van der Waals surface area contributed by atoms with Crippen LogP contribution in [0.4, 0.5) is 0 Å². The highest BCUT2D eigenvalue weighted by Crippen LogP contribution is 2.47. The number of nitriles is 1. The Balaban J connectivity index is 2.69. The van der Waals surface area contributed by atoms with E-state index >= 15 is 0 Å². The van der Waals surface area contributed by atoms with E-state index in [1.54, 1.807) is 0 Å². The topological polar surface area (TPSA) is 44.0 Å². The summed E-state index contributed by atoms with van der Waals surface area (Å²) in [6, 6.07) is 2.39. The Labute approximate surface area is 99.7 Å². The molecule has 16 heavy (non-hydrogen) atoms. The Morgan fingerprint density at radius 1 is 1.38 bits per heavy atom. The van der Waals surface area contributed by atoms with E-state index in [1.165, 1.54) is 0 Å². The van der Waals surface area contributed by atoms with E-state index in [0.717, 1.165) is 25.7 Å². The second kappa shape index (κ2) is 4.75. The molecule has 1 rings (SSSR count). The third kappa shape index (κ3) is 2.58. The maximum Gasteiger partial charge on any atom is 0.0832 e. The van der Waals surface area contributed by atoms with Crippen LogP contribution in [0.3, 0.4) is 0 Å². The molecule has 0 radical (unpaired) electrons. The molecule has 0 aliphatic heterocycles. The lowest BCUT2D eigenvalue weighted by Crippen LogP contribution is -2.39. The Hall–Kier alpha value is -0.550. The van der Waals surface area contributed by atoms with E-state index in [-0.39, 0.29) is 0 Å². The maximum absolute atomic E-state index is 10.00. The van der Waals surface area contributed by atoms with Gasteiger partial charge in [-0.3, -0.25) is 0 Å². The first-order valence-electron chi connectivity index (χ1n) is 6.45. The summed E-state index contributed by atoms with van der Waals surface area (Å²) in [5.74, 6) is 0.693. The van der Waals surface area contributed by atoms with Gasteiger partial charge in [-0.2, -0.15) is 5.26 Å². The normalized spacial score (nSPS) is 33.1. The van der Waals surface area contributed by atoms with Gasteiger partial charge in [0.2, 0.25) is 0 Å². The van der Waals surface area contributed by atoms with Gasteiger partial charge < -0.3 is 5.11 Å². The molecule has 92 valence electrons. The fourth-order valence-corrected chi connectivity index (χ4v) is 2.91. The fourth-order valence-electron chi connectivity index (χ4n) is 2.91. The second-order valence-corrected chi connectivity index (χ2v) is 6.33. The number of nitrogens with zero attached hydrogens (tertiary/aromatic N) is 1. The van der Waals surface area contributed by atoms with Gasteiger partial charge in [-0.1, -0.05) is 27.7 Å². The Bertz CT molecular complexity index is 263. The van der Waals surface area contributed by atoms with Crippen LogP contribution >= 0.6 is 0 Å². The molecular formula is C14H25NO. The Morgan fingerprint density at radius 2 is 1.88 bits per heavy atom. The molecule has 1 unspecified atom stereocenters. The van der Waals surface area contributed by atoms with Crippen LogP contribution in [0.1, 0.15) is 59.8 Å². The van der Waals surface area contributed by atoms with E-state index in [9.17, 15) is 10.4 Å². The van der Waals surface area contributed by atoms with Crippen LogP contribution in [-0.2, 0) is 0 Å². The van der Waals surface area contributed by atoms with E-state index < -0.39 is 11.5 Å². The van der Waals surface area contributed by atoms with Gasteiger partial charge in [0.15, 0.2) is 0 Å². The molecule has 0 bridgehead atoms. The highest BCUT2D eigenvalue weighted by Gasteiger charge is 2.42. The second-order valence-electron chi connectivity index (χ2n) is 6.33. The summed E-state index contributed by atoms with van der Waals surface area (Å²) in [5, 5.41) is 19.3. The van der Waals surface area contributed by atoms with Crippen molar-refractivity contribution in [3.8, 4) is 6.07 Å². The van der Waals surface area contributed by atoms with Crippen LogP contribution in [0.25, 0.3) is 0 Å². The first kappa shape index (κ1) is 13.5. The Morgan fingerprint density at radius 3 is 2.19 bits per heavy atom. The number of aliphatic hydroxyl groups excluding tert-OH is 1. The molecule has 1 aliphatic rings. The lowest BCUT2D eigenvalue weighted by atomic mass is 9.62. The number of hydrogen-bond donors (Lipinski definition) is 1. The van der Waals surface area contributed by atoms with Crippen LogP contribution in [0.2, 0.25) is 0 Å². The lowest BCUT2D eigenvalue weighted by Gasteiger charge is -2.42. The van der Waals surface area contributed by atoms with Crippen molar-refractivity contribution in [2.45, 2.75) is 65.9 Å². The third-order valence-corrected chi connectivity index (χ3v) is 4.35. The van der Waals surface area contributed by atoms with Gasteiger partial charge in [-0.05, 0) is 43.4 Å². The summed E-state index contributed by atoms with van der Waals surface area (Å²) in [7, 11) is 0. The molecule has 0 saturated heterocycles. The average molecular weight is 223 g/mol. The lowest BCUT2D eigenvalue weighted by molar-refractivity contribution is 0.00792. The molecule has 1 fully saturated rings. The predicted octanol–water partition coefficient (Wildman–Crippen LogP) is 3.50. The van der Waals surface area contributed by atoms with Gasteiger partial charge in [-0.15, -0.1) is 0 Å². The Kier molecular flexibility index (Phi) is 4.02. The third-order valence-electron chi connectivity index (χ3n) is 4.35. The van der Waals surface area contributed by atoms with Crippen molar-refractivity contribution < 1.29 is 5.11 Å². The number of rotatable bonds is 2.